The van der Waals surface area contributed by atoms with E-state index >= 15 is 0 Å². The molecule has 1 aliphatic rings. The molecule has 0 aromatic carbocycles. The van der Waals surface area contributed by atoms with Gasteiger partial charge in [-0.25, -0.2) is 8.78 Å². The number of aliphatic carboxylic acids is 2. The highest BCUT2D eigenvalue weighted by atomic mass is 19.3. The topological polar surface area (TPSA) is 98.7 Å². The van der Waals surface area contributed by atoms with Crippen LogP contribution in [0.15, 0.2) is 0 Å². The van der Waals surface area contributed by atoms with E-state index in [2.05, 4.69) is 10.6 Å². The quantitative estimate of drug-likeness (QED) is 0.527. The van der Waals surface area contributed by atoms with E-state index in [9.17, 15) is 8.78 Å². The Morgan fingerprint density at radius 1 is 1.18 bits per heavy atom. The van der Waals surface area contributed by atoms with Gasteiger partial charge in [-0.05, 0) is 0 Å². The molecule has 1 heterocycles. The van der Waals surface area contributed by atoms with Gasteiger partial charge in [0.1, 0.15) is 0 Å². The summed E-state index contributed by atoms with van der Waals surface area (Å²) in [6.07, 6.45) is -2.24. The van der Waals surface area contributed by atoms with Crippen molar-refractivity contribution < 1.29 is 28.6 Å². The number of rotatable bonds is 1. The van der Waals surface area contributed by atoms with Gasteiger partial charge in [-0.15, -0.1) is 0 Å². The van der Waals surface area contributed by atoms with E-state index in [-0.39, 0.29) is 0 Å². The van der Waals surface area contributed by atoms with Crippen LogP contribution in [0.3, 0.4) is 0 Å². The van der Waals surface area contributed by atoms with Gasteiger partial charge in [0, 0.05) is 33.5 Å². The second-order valence-electron chi connectivity index (χ2n) is 3.14. The summed E-state index contributed by atoms with van der Waals surface area (Å²) in [7, 11) is 0. The molecule has 1 aliphatic heterocycles. The normalized spacial score (nSPS) is 18.3. The predicted molar refractivity (Wildman–Crippen MR) is 57.3 cm³/mol. The lowest BCUT2D eigenvalue weighted by molar-refractivity contribution is -0.135. The largest absolute Gasteiger partial charge is 0.481 e. The molecular formula is C9H18F2N2O4. The molecular weight excluding hydrogens is 238 g/mol. The second-order valence-corrected chi connectivity index (χ2v) is 3.14. The van der Waals surface area contributed by atoms with Crippen LogP contribution in [0.25, 0.3) is 0 Å². The summed E-state index contributed by atoms with van der Waals surface area (Å²) in [4.78, 5) is 18.0. The molecule has 0 aliphatic carbocycles. The van der Waals surface area contributed by atoms with Crippen LogP contribution < -0.4 is 10.6 Å². The van der Waals surface area contributed by atoms with Crippen molar-refractivity contribution in [3.63, 3.8) is 0 Å². The van der Waals surface area contributed by atoms with Gasteiger partial charge in [-0.2, -0.15) is 0 Å². The predicted octanol–water partition coefficient (Wildman–Crippen LogP) is -0.00530. The number of carboxylic acid groups (broad SMARTS) is 2. The molecule has 102 valence electrons. The van der Waals surface area contributed by atoms with Crippen LogP contribution in [0.2, 0.25) is 0 Å². The smallest absolute Gasteiger partial charge is 0.300 e. The lowest BCUT2D eigenvalue weighted by Gasteiger charge is -2.23. The van der Waals surface area contributed by atoms with E-state index in [4.69, 9.17) is 19.8 Å². The van der Waals surface area contributed by atoms with Crippen LogP contribution in [0.1, 0.15) is 13.8 Å². The van der Waals surface area contributed by atoms with Crippen molar-refractivity contribution in [3.05, 3.63) is 0 Å². The number of alkyl halides is 2. The molecule has 0 aromatic rings. The summed E-state index contributed by atoms with van der Waals surface area (Å²) in [5.74, 6) is -1.67. The molecule has 0 spiro atoms. The Balaban J connectivity index is 0. The maximum absolute atomic E-state index is 11.8. The van der Waals surface area contributed by atoms with E-state index in [0.29, 0.717) is 13.1 Å². The summed E-state index contributed by atoms with van der Waals surface area (Å²) >= 11 is 0. The molecule has 8 heteroatoms. The lowest BCUT2D eigenvalue weighted by Crippen LogP contribution is -2.51. The van der Waals surface area contributed by atoms with E-state index in [0.717, 1.165) is 20.4 Å². The standard InChI is InChI=1S/C5H10F2N2.2C2H4O2/c6-5(7)4-3-8-1-2-9-4;2*1-2(3)4/h4-5,8-9H,1-3H2;2*1H3,(H,3,4). The summed E-state index contributed by atoms with van der Waals surface area (Å²) < 4.78 is 23.6. The number of carbonyl (C=O) groups is 2. The van der Waals surface area contributed by atoms with E-state index in [1.165, 1.54) is 0 Å². The Bertz CT molecular complexity index is 201. The highest BCUT2D eigenvalue weighted by molar-refractivity contribution is 5.63. The monoisotopic (exact) mass is 256 g/mol. The maximum atomic E-state index is 11.8. The summed E-state index contributed by atoms with van der Waals surface area (Å²) in [5, 5.41) is 20.4. The maximum Gasteiger partial charge on any atom is 0.300 e. The Morgan fingerprint density at radius 3 is 1.76 bits per heavy atom. The fourth-order valence-electron chi connectivity index (χ4n) is 0.854. The molecule has 0 bridgehead atoms. The minimum atomic E-state index is -2.24. The first-order valence-corrected chi connectivity index (χ1v) is 4.88. The molecule has 6 nitrogen and oxygen atoms in total. The van der Waals surface area contributed by atoms with Gasteiger partial charge in [-0.3, -0.25) is 9.59 Å². The molecule has 0 aromatic heterocycles. The summed E-state index contributed by atoms with van der Waals surface area (Å²) in [6.45, 7) is 4.00. The third-order valence-electron chi connectivity index (χ3n) is 1.38. The van der Waals surface area contributed by atoms with Crippen molar-refractivity contribution in [1.29, 1.82) is 0 Å². The van der Waals surface area contributed by atoms with Crippen LogP contribution >= 0.6 is 0 Å². The SMILES string of the molecule is CC(=O)O.CC(=O)O.FC(F)C1CNCCN1. The third kappa shape index (κ3) is 20.7. The number of hydrogen-bond acceptors (Lipinski definition) is 4. The van der Waals surface area contributed by atoms with Crippen molar-refractivity contribution in [2.75, 3.05) is 19.6 Å². The number of halogens is 2. The fourth-order valence-corrected chi connectivity index (χ4v) is 0.854. The fraction of sp³-hybridized carbons (Fsp3) is 0.778. The molecule has 1 unspecified atom stereocenters. The number of carboxylic acids is 2. The van der Waals surface area contributed by atoms with Gasteiger partial charge in [0.2, 0.25) is 0 Å². The van der Waals surface area contributed by atoms with Crippen LogP contribution in [-0.4, -0.2) is 54.3 Å². The zero-order valence-electron chi connectivity index (χ0n) is 9.74. The zero-order valence-corrected chi connectivity index (χ0v) is 9.74. The van der Waals surface area contributed by atoms with Crippen molar-refractivity contribution >= 4 is 11.9 Å². The highest BCUT2D eigenvalue weighted by Crippen LogP contribution is 2.00. The van der Waals surface area contributed by atoms with Crippen molar-refractivity contribution in [2.24, 2.45) is 0 Å². The first-order valence-electron chi connectivity index (χ1n) is 4.88. The van der Waals surface area contributed by atoms with E-state index in [1.807, 2.05) is 0 Å². The minimum Gasteiger partial charge on any atom is -0.481 e. The number of piperazine rings is 1. The van der Waals surface area contributed by atoms with Gasteiger partial charge in [0.15, 0.2) is 0 Å². The first-order chi connectivity index (χ1) is 7.77. The van der Waals surface area contributed by atoms with E-state index < -0.39 is 24.4 Å². The van der Waals surface area contributed by atoms with E-state index in [1.54, 1.807) is 0 Å². The first kappa shape index (κ1) is 18.1. The Kier molecular flexibility index (Phi) is 11.9. The summed E-state index contributed by atoms with van der Waals surface area (Å²) in [5.41, 5.74) is 0. The van der Waals surface area contributed by atoms with Crippen molar-refractivity contribution in [3.8, 4) is 0 Å². The van der Waals surface area contributed by atoms with Gasteiger partial charge >= 0.3 is 0 Å². The zero-order chi connectivity index (χ0) is 13.8. The average molecular weight is 256 g/mol. The van der Waals surface area contributed by atoms with Crippen molar-refractivity contribution in [1.82, 2.24) is 10.6 Å². The molecule has 0 saturated carbocycles. The van der Waals surface area contributed by atoms with Gasteiger partial charge in [0.05, 0.1) is 6.04 Å². The number of nitrogens with one attached hydrogen (secondary N) is 2. The highest BCUT2D eigenvalue weighted by Gasteiger charge is 2.20. The molecule has 17 heavy (non-hydrogen) atoms. The Labute approximate surface area is 98.0 Å². The molecule has 0 radical (unpaired) electrons. The van der Waals surface area contributed by atoms with Crippen LogP contribution in [0.4, 0.5) is 8.78 Å². The molecule has 0 amide bonds. The Morgan fingerprint density at radius 2 is 1.59 bits per heavy atom. The molecule has 1 rings (SSSR count). The number of hydrogen-bond donors (Lipinski definition) is 4. The van der Waals surface area contributed by atoms with Gasteiger partial charge < -0.3 is 20.8 Å². The van der Waals surface area contributed by atoms with Crippen LogP contribution in [0, 0.1) is 0 Å². The minimum absolute atomic E-state index is 0.387. The van der Waals surface area contributed by atoms with Crippen LogP contribution in [0.5, 0.6) is 0 Å². The van der Waals surface area contributed by atoms with Crippen molar-refractivity contribution in [2.45, 2.75) is 26.3 Å². The summed E-state index contributed by atoms with van der Waals surface area (Å²) in [6, 6.07) is -0.640. The van der Waals surface area contributed by atoms with Gasteiger partial charge in [-0.1, -0.05) is 0 Å². The van der Waals surface area contributed by atoms with Gasteiger partial charge in [0.25, 0.3) is 18.4 Å². The molecule has 4 N–H and O–H groups in total. The molecule has 1 saturated heterocycles. The molecule has 1 fully saturated rings. The molecule has 1 atom stereocenters. The lowest BCUT2D eigenvalue weighted by atomic mass is 10.2. The second kappa shape index (κ2) is 11.2. The third-order valence-corrected chi connectivity index (χ3v) is 1.38. The Hall–Kier alpha value is -1.28. The van der Waals surface area contributed by atoms with Crippen LogP contribution in [-0.2, 0) is 9.59 Å². The average Bonchev–Trinajstić information content (AvgIpc) is 2.17.